The third-order valence-corrected chi connectivity index (χ3v) is 4.61. The Morgan fingerprint density at radius 2 is 2.00 bits per heavy atom. The zero-order valence-electron chi connectivity index (χ0n) is 12.2. The van der Waals surface area contributed by atoms with Crippen LogP contribution in [0.4, 0.5) is 0 Å². The summed E-state index contributed by atoms with van der Waals surface area (Å²) in [4.78, 5) is 0.0939. The van der Waals surface area contributed by atoms with Crippen LogP contribution in [0, 0.1) is 13.8 Å². The van der Waals surface area contributed by atoms with Crippen molar-refractivity contribution in [2.45, 2.75) is 32.2 Å². The lowest BCUT2D eigenvalue weighted by Crippen LogP contribution is -2.24. The van der Waals surface area contributed by atoms with Crippen molar-refractivity contribution in [1.29, 1.82) is 0 Å². The number of nitrogens with zero attached hydrogens (tertiary/aromatic N) is 1. The molecule has 2 aromatic rings. The third kappa shape index (κ3) is 3.43. The molecule has 0 aliphatic heterocycles. The number of hydrogen-bond acceptors (Lipinski definition) is 5. The Labute approximate surface area is 124 Å². The second kappa shape index (κ2) is 6.28. The quantitative estimate of drug-likeness (QED) is 0.884. The molecule has 0 bridgehead atoms. The average molecular weight is 310 g/mol. The number of nitrogens with one attached hydrogen (secondary N) is 1. The summed E-state index contributed by atoms with van der Waals surface area (Å²) in [7, 11) is -3.67. The number of para-hydroxylation sites is 1. The van der Waals surface area contributed by atoms with E-state index < -0.39 is 10.0 Å². The lowest BCUT2D eigenvalue weighted by atomic mass is 10.2. The van der Waals surface area contributed by atoms with E-state index in [4.69, 9.17) is 9.26 Å². The van der Waals surface area contributed by atoms with Gasteiger partial charge in [0.25, 0.3) is 0 Å². The van der Waals surface area contributed by atoms with Crippen LogP contribution in [0.25, 0.3) is 0 Å². The van der Waals surface area contributed by atoms with E-state index in [-0.39, 0.29) is 17.2 Å². The van der Waals surface area contributed by atoms with Crippen LogP contribution < -0.4 is 9.46 Å². The van der Waals surface area contributed by atoms with Crippen molar-refractivity contribution in [2.24, 2.45) is 0 Å². The van der Waals surface area contributed by atoms with E-state index in [0.717, 1.165) is 5.56 Å². The molecule has 0 saturated carbocycles. The summed E-state index contributed by atoms with van der Waals surface area (Å²) in [6, 6.07) is 7.31. The summed E-state index contributed by atoms with van der Waals surface area (Å²) in [6.07, 6.45) is 0. The molecule has 0 aliphatic rings. The molecule has 1 aromatic carbocycles. The van der Waals surface area contributed by atoms with E-state index in [1.165, 1.54) is 0 Å². The molecule has 114 valence electrons. The zero-order valence-corrected chi connectivity index (χ0v) is 13.0. The highest BCUT2D eigenvalue weighted by Crippen LogP contribution is 2.21. The first-order chi connectivity index (χ1) is 9.95. The van der Waals surface area contributed by atoms with Crippen molar-refractivity contribution in [3.63, 3.8) is 0 Å². The lowest BCUT2D eigenvalue weighted by Gasteiger charge is -2.11. The first-order valence-electron chi connectivity index (χ1n) is 6.59. The molecule has 0 aliphatic carbocycles. The Hall–Kier alpha value is -1.86. The number of hydrogen-bond donors (Lipinski definition) is 1. The second-order valence-corrected chi connectivity index (χ2v) is 6.22. The largest absolute Gasteiger partial charge is 0.494 e. The van der Waals surface area contributed by atoms with Crippen LogP contribution in [-0.2, 0) is 16.6 Å². The number of aromatic nitrogens is 1. The van der Waals surface area contributed by atoms with Gasteiger partial charge in [-0.3, -0.25) is 0 Å². The van der Waals surface area contributed by atoms with E-state index in [9.17, 15) is 8.42 Å². The van der Waals surface area contributed by atoms with E-state index in [1.807, 2.05) is 31.2 Å². The predicted molar refractivity (Wildman–Crippen MR) is 77.6 cm³/mol. The average Bonchev–Trinajstić information content (AvgIpc) is 2.78. The number of sulfonamides is 1. The summed E-state index contributed by atoms with van der Waals surface area (Å²) >= 11 is 0. The fourth-order valence-corrected chi connectivity index (χ4v) is 3.38. The normalized spacial score (nSPS) is 11.6. The molecule has 1 N–H and O–H groups in total. The molecule has 0 unspecified atom stereocenters. The van der Waals surface area contributed by atoms with Crippen LogP contribution in [0.1, 0.15) is 23.9 Å². The predicted octanol–water partition coefficient (Wildman–Crippen LogP) is 2.17. The summed E-state index contributed by atoms with van der Waals surface area (Å²) in [5.74, 6) is 0.944. The summed E-state index contributed by atoms with van der Waals surface area (Å²) in [5.41, 5.74) is 1.12. The molecule has 21 heavy (non-hydrogen) atoms. The molecule has 0 saturated heterocycles. The molecular formula is C14H18N2O4S. The van der Waals surface area contributed by atoms with Crippen LogP contribution in [0.2, 0.25) is 0 Å². The smallest absolute Gasteiger partial charge is 0.246 e. The van der Waals surface area contributed by atoms with E-state index in [1.54, 1.807) is 13.8 Å². The van der Waals surface area contributed by atoms with Crippen LogP contribution in [0.5, 0.6) is 5.75 Å². The Balaban J connectivity index is 2.20. The highest BCUT2D eigenvalue weighted by molar-refractivity contribution is 7.89. The van der Waals surface area contributed by atoms with Gasteiger partial charge >= 0.3 is 0 Å². The summed E-state index contributed by atoms with van der Waals surface area (Å²) < 4.78 is 37.6. The molecule has 6 nitrogen and oxygen atoms in total. The maximum absolute atomic E-state index is 12.3. The van der Waals surface area contributed by atoms with E-state index in [2.05, 4.69) is 9.88 Å². The second-order valence-electron chi connectivity index (χ2n) is 4.52. The molecule has 0 amide bonds. The number of ether oxygens (including phenoxy) is 1. The fraction of sp³-hybridized carbons (Fsp3) is 0.357. The topological polar surface area (TPSA) is 81.4 Å². The van der Waals surface area contributed by atoms with Crippen LogP contribution in [0.3, 0.4) is 0 Å². The maximum atomic E-state index is 12.3. The SMILES string of the molecule is CCOc1ccccc1CNS(=O)(=O)c1c(C)noc1C. The van der Waals surface area contributed by atoms with Crippen LogP contribution in [0.15, 0.2) is 33.7 Å². The van der Waals surface area contributed by atoms with Crippen molar-refractivity contribution < 1.29 is 17.7 Å². The van der Waals surface area contributed by atoms with Gasteiger partial charge in [-0.25, -0.2) is 13.1 Å². The summed E-state index contributed by atoms with van der Waals surface area (Å²) in [6.45, 7) is 5.71. The Bertz CT molecular complexity index is 703. The van der Waals surface area contributed by atoms with Gasteiger partial charge in [-0.1, -0.05) is 23.4 Å². The molecule has 1 aromatic heterocycles. The minimum Gasteiger partial charge on any atom is -0.494 e. The van der Waals surface area contributed by atoms with Gasteiger partial charge in [0, 0.05) is 12.1 Å². The van der Waals surface area contributed by atoms with Crippen molar-refractivity contribution in [3.8, 4) is 5.75 Å². The molecule has 7 heteroatoms. The highest BCUT2D eigenvalue weighted by atomic mass is 32.2. The van der Waals surface area contributed by atoms with Crippen molar-refractivity contribution in [2.75, 3.05) is 6.61 Å². The molecular weight excluding hydrogens is 292 g/mol. The molecule has 0 atom stereocenters. The van der Waals surface area contributed by atoms with Crippen molar-refractivity contribution >= 4 is 10.0 Å². The first-order valence-corrected chi connectivity index (χ1v) is 8.07. The highest BCUT2D eigenvalue weighted by Gasteiger charge is 2.24. The Morgan fingerprint density at radius 1 is 1.29 bits per heavy atom. The Kier molecular flexibility index (Phi) is 4.64. The molecule has 1 heterocycles. The fourth-order valence-electron chi connectivity index (χ4n) is 2.05. The Morgan fingerprint density at radius 3 is 2.62 bits per heavy atom. The van der Waals surface area contributed by atoms with Gasteiger partial charge in [-0.05, 0) is 26.8 Å². The monoisotopic (exact) mass is 310 g/mol. The van der Waals surface area contributed by atoms with Gasteiger partial charge in [-0.2, -0.15) is 0 Å². The van der Waals surface area contributed by atoms with Gasteiger partial charge in [0.1, 0.15) is 16.3 Å². The number of aryl methyl sites for hydroxylation is 2. The minimum absolute atomic E-state index is 0.0939. The van der Waals surface area contributed by atoms with Crippen molar-refractivity contribution in [3.05, 3.63) is 41.3 Å². The molecule has 0 fully saturated rings. The van der Waals surface area contributed by atoms with E-state index in [0.29, 0.717) is 18.1 Å². The van der Waals surface area contributed by atoms with Gasteiger partial charge in [0.05, 0.1) is 6.61 Å². The maximum Gasteiger partial charge on any atom is 0.246 e. The molecule has 0 spiro atoms. The van der Waals surface area contributed by atoms with Crippen LogP contribution >= 0.6 is 0 Å². The standard InChI is InChI=1S/C14H18N2O4S/c1-4-19-13-8-6-5-7-12(13)9-15-21(17,18)14-10(2)16-20-11(14)3/h5-8,15H,4,9H2,1-3H3. The van der Waals surface area contributed by atoms with Crippen molar-refractivity contribution in [1.82, 2.24) is 9.88 Å². The van der Waals surface area contributed by atoms with Gasteiger partial charge in [0.15, 0.2) is 5.76 Å². The summed E-state index contributed by atoms with van der Waals surface area (Å²) in [5, 5.41) is 3.67. The van der Waals surface area contributed by atoms with E-state index >= 15 is 0 Å². The van der Waals surface area contributed by atoms with Gasteiger partial charge in [-0.15, -0.1) is 0 Å². The van der Waals surface area contributed by atoms with Crippen LogP contribution in [-0.4, -0.2) is 20.2 Å². The number of benzene rings is 1. The third-order valence-electron chi connectivity index (χ3n) is 2.96. The molecule has 0 radical (unpaired) electrons. The minimum atomic E-state index is -3.67. The van der Waals surface area contributed by atoms with Gasteiger partial charge in [0.2, 0.25) is 10.0 Å². The van der Waals surface area contributed by atoms with Gasteiger partial charge < -0.3 is 9.26 Å². The molecule has 2 rings (SSSR count). The zero-order chi connectivity index (χ0) is 15.5. The number of rotatable bonds is 6. The lowest BCUT2D eigenvalue weighted by molar-refractivity contribution is 0.336. The first kappa shape index (κ1) is 15.5.